The number of likely N-dealkylation sites (tertiary alicyclic amines) is 1. The average molecular weight is 342 g/mol. The summed E-state index contributed by atoms with van der Waals surface area (Å²) in [5.41, 5.74) is 1.16. The van der Waals surface area contributed by atoms with Crippen molar-refractivity contribution in [1.29, 1.82) is 0 Å². The van der Waals surface area contributed by atoms with Crippen LogP contribution in [0.2, 0.25) is 0 Å². The zero-order valence-corrected chi connectivity index (χ0v) is 14.8. The van der Waals surface area contributed by atoms with E-state index in [9.17, 15) is 0 Å². The van der Waals surface area contributed by atoms with Crippen LogP contribution in [0.3, 0.4) is 0 Å². The van der Waals surface area contributed by atoms with Gasteiger partial charge in [-0.1, -0.05) is 0 Å². The summed E-state index contributed by atoms with van der Waals surface area (Å²) in [6.45, 7) is 5.27. The molecule has 4 rings (SSSR count). The van der Waals surface area contributed by atoms with Gasteiger partial charge < -0.3 is 13.9 Å². The Balaban J connectivity index is 1.24. The fraction of sp³-hybridized carbons (Fsp3) is 0.550. The second-order valence-electron chi connectivity index (χ2n) is 7.08. The SMILES string of the molecule is Cc1ccc(CN2CC[C@@H]3O[C@H](COCc4ccncc4)CC[C@@H]32)o1. The van der Waals surface area contributed by atoms with Crippen LogP contribution in [-0.2, 0) is 22.6 Å². The van der Waals surface area contributed by atoms with Crippen LogP contribution < -0.4 is 0 Å². The number of pyridine rings is 1. The van der Waals surface area contributed by atoms with Crippen LogP contribution in [0.25, 0.3) is 0 Å². The Morgan fingerprint density at radius 2 is 2.04 bits per heavy atom. The molecule has 5 nitrogen and oxygen atoms in total. The molecule has 0 radical (unpaired) electrons. The summed E-state index contributed by atoms with van der Waals surface area (Å²) >= 11 is 0. The molecule has 0 unspecified atom stereocenters. The van der Waals surface area contributed by atoms with E-state index in [-0.39, 0.29) is 6.10 Å². The number of rotatable bonds is 6. The Morgan fingerprint density at radius 1 is 1.16 bits per heavy atom. The summed E-state index contributed by atoms with van der Waals surface area (Å²) in [4.78, 5) is 6.54. The third-order valence-corrected chi connectivity index (χ3v) is 5.23. The Kier molecular flexibility index (Phi) is 5.15. The fourth-order valence-electron chi connectivity index (χ4n) is 3.96. The molecule has 0 aromatic carbocycles. The van der Waals surface area contributed by atoms with Gasteiger partial charge in [0.05, 0.1) is 32.0 Å². The molecule has 2 aliphatic rings. The van der Waals surface area contributed by atoms with E-state index in [0.717, 1.165) is 43.0 Å². The third kappa shape index (κ3) is 4.11. The summed E-state index contributed by atoms with van der Waals surface area (Å²) in [6, 6.07) is 8.62. The first-order valence-electron chi connectivity index (χ1n) is 9.19. The Labute approximate surface area is 148 Å². The van der Waals surface area contributed by atoms with Crippen molar-refractivity contribution in [1.82, 2.24) is 9.88 Å². The van der Waals surface area contributed by atoms with Gasteiger partial charge in [-0.25, -0.2) is 0 Å². The Hall–Kier alpha value is -1.69. The lowest BCUT2D eigenvalue weighted by Gasteiger charge is -2.35. The second kappa shape index (κ2) is 7.68. The zero-order valence-electron chi connectivity index (χ0n) is 14.8. The van der Waals surface area contributed by atoms with E-state index in [2.05, 4.69) is 16.0 Å². The summed E-state index contributed by atoms with van der Waals surface area (Å²) in [6.07, 6.45) is 7.49. The number of hydrogen-bond acceptors (Lipinski definition) is 5. The molecule has 0 spiro atoms. The molecule has 134 valence electrons. The zero-order chi connectivity index (χ0) is 17.1. The number of nitrogens with zero attached hydrogens (tertiary/aromatic N) is 2. The van der Waals surface area contributed by atoms with Crippen LogP contribution in [0.15, 0.2) is 41.1 Å². The van der Waals surface area contributed by atoms with Gasteiger partial charge in [-0.05, 0) is 56.0 Å². The summed E-state index contributed by atoms with van der Waals surface area (Å²) in [5, 5.41) is 0. The maximum atomic E-state index is 6.31. The van der Waals surface area contributed by atoms with Crippen LogP contribution in [0, 0.1) is 6.92 Å². The van der Waals surface area contributed by atoms with Gasteiger partial charge in [0.15, 0.2) is 0 Å². The lowest BCUT2D eigenvalue weighted by molar-refractivity contribution is -0.102. The average Bonchev–Trinajstić information content (AvgIpc) is 3.22. The molecule has 3 atom stereocenters. The highest BCUT2D eigenvalue weighted by atomic mass is 16.5. The van der Waals surface area contributed by atoms with Gasteiger partial charge in [0.2, 0.25) is 0 Å². The molecular formula is C20H26N2O3. The van der Waals surface area contributed by atoms with Crippen molar-refractivity contribution >= 4 is 0 Å². The van der Waals surface area contributed by atoms with E-state index >= 15 is 0 Å². The molecule has 0 amide bonds. The first-order valence-corrected chi connectivity index (χ1v) is 9.19. The molecule has 4 heterocycles. The quantitative estimate of drug-likeness (QED) is 0.806. The van der Waals surface area contributed by atoms with Crippen molar-refractivity contribution < 1.29 is 13.9 Å². The number of furan rings is 1. The Morgan fingerprint density at radius 3 is 2.84 bits per heavy atom. The smallest absolute Gasteiger partial charge is 0.118 e. The second-order valence-corrected chi connectivity index (χ2v) is 7.08. The monoisotopic (exact) mass is 342 g/mol. The molecule has 0 saturated carbocycles. The predicted molar refractivity (Wildman–Crippen MR) is 94.0 cm³/mol. The molecule has 0 bridgehead atoms. The van der Waals surface area contributed by atoms with E-state index in [0.29, 0.717) is 25.4 Å². The van der Waals surface area contributed by atoms with Crippen LogP contribution in [0.1, 0.15) is 36.3 Å². The van der Waals surface area contributed by atoms with Crippen LogP contribution in [0.4, 0.5) is 0 Å². The molecule has 2 aromatic rings. The lowest BCUT2D eigenvalue weighted by atomic mass is 9.99. The standard InChI is InChI=1S/C20H26N2O3/c1-15-2-3-17(24-15)12-22-11-8-20-19(22)5-4-18(25-20)14-23-13-16-6-9-21-10-7-16/h2-3,6-7,9-10,18-20H,4-5,8,11-14H2,1H3/t18-,19-,20-/m0/s1. The normalized spacial score (nSPS) is 26.7. The number of aryl methyl sites for hydroxylation is 1. The van der Waals surface area contributed by atoms with Crippen molar-refractivity contribution in [2.75, 3.05) is 13.2 Å². The van der Waals surface area contributed by atoms with Gasteiger partial charge in [-0.2, -0.15) is 0 Å². The molecule has 5 heteroatoms. The highest BCUT2D eigenvalue weighted by Crippen LogP contribution is 2.32. The highest BCUT2D eigenvalue weighted by molar-refractivity contribution is 5.08. The van der Waals surface area contributed by atoms with Crippen molar-refractivity contribution in [3.63, 3.8) is 0 Å². The van der Waals surface area contributed by atoms with E-state index in [1.807, 2.05) is 25.1 Å². The van der Waals surface area contributed by atoms with E-state index < -0.39 is 0 Å². The van der Waals surface area contributed by atoms with Crippen LogP contribution in [0.5, 0.6) is 0 Å². The molecule has 2 saturated heterocycles. The third-order valence-electron chi connectivity index (χ3n) is 5.23. The lowest BCUT2D eigenvalue weighted by Crippen LogP contribution is -2.43. The minimum absolute atomic E-state index is 0.217. The predicted octanol–water partition coefficient (Wildman–Crippen LogP) is 3.32. The van der Waals surface area contributed by atoms with Crippen LogP contribution in [-0.4, -0.2) is 41.3 Å². The number of ether oxygens (including phenoxy) is 2. The Bertz CT molecular complexity index is 673. The number of fused-ring (bicyclic) bond motifs is 1. The first-order chi connectivity index (χ1) is 12.3. The van der Waals surface area contributed by atoms with Crippen LogP contribution >= 0.6 is 0 Å². The fourth-order valence-corrected chi connectivity index (χ4v) is 3.96. The number of hydrogen-bond donors (Lipinski definition) is 0. The molecule has 0 aliphatic carbocycles. The van der Waals surface area contributed by atoms with Gasteiger partial charge in [-0.3, -0.25) is 9.88 Å². The van der Waals surface area contributed by atoms with Gasteiger partial charge >= 0.3 is 0 Å². The van der Waals surface area contributed by atoms with Gasteiger partial charge in [0, 0.05) is 25.0 Å². The molecule has 2 aromatic heterocycles. The first kappa shape index (κ1) is 16.8. The summed E-state index contributed by atoms with van der Waals surface area (Å²) < 4.78 is 17.9. The van der Waals surface area contributed by atoms with Crippen molar-refractivity contribution in [2.45, 2.75) is 57.6 Å². The van der Waals surface area contributed by atoms with Crippen molar-refractivity contribution in [2.24, 2.45) is 0 Å². The molecule has 25 heavy (non-hydrogen) atoms. The van der Waals surface area contributed by atoms with E-state index in [1.165, 1.54) is 6.42 Å². The number of aromatic nitrogens is 1. The minimum atomic E-state index is 0.217. The van der Waals surface area contributed by atoms with Gasteiger partial charge in [-0.15, -0.1) is 0 Å². The maximum Gasteiger partial charge on any atom is 0.118 e. The summed E-state index contributed by atoms with van der Waals surface area (Å²) in [7, 11) is 0. The van der Waals surface area contributed by atoms with Gasteiger partial charge in [0.25, 0.3) is 0 Å². The topological polar surface area (TPSA) is 47.7 Å². The molecular weight excluding hydrogens is 316 g/mol. The van der Waals surface area contributed by atoms with Gasteiger partial charge in [0.1, 0.15) is 11.5 Å². The minimum Gasteiger partial charge on any atom is -0.465 e. The highest BCUT2D eigenvalue weighted by Gasteiger charge is 2.39. The van der Waals surface area contributed by atoms with Crippen molar-refractivity contribution in [3.8, 4) is 0 Å². The maximum absolute atomic E-state index is 6.31. The van der Waals surface area contributed by atoms with Crippen molar-refractivity contribution in [3.05, 3.63) is 53.7 Å². The molecule has 0 N–H and O–H groups in total. The van der Waals surface area contributed by atoms with E-state index in [4.69, 9.17) is 13.9 Å². The van der Waals surface area contributed by atoms with E-state index in [1.54, 1.807) is 12.4 Å². The largest absolute Gasteiger partial charge is 0.465 e. The summed E-state index contributed by atoms with van der Waals surface area (Å²) in [5.74, 6) is 2.04. The molecule has 2 fully saturated rings. The molecule has 2 aliphatic heterocycles.